The third-order valence-corrected chi connectivity index (χ3v) is 2.10. The van der Waals surface area contributed by atoms with Crippen molar-refractivity contribution in [2.75, 3.05) is 33.5 Å². The highest BCUT2D eigenvalue weighted by Crippen LogP contribution is 2.02. The summed E-state index contributed by atoms with van der Waals surface area (Å²) >= 11 is 0. The minimum Gasteiger partial charge on any atom is -0.461 e. The number of nitrogens with two attached hydrogens (primary N) is 1. The average molecular weight is 270 g/mol. The number of hydrogen-bond acceptors (Lipinski definition) is 7. The molecule has 106 valence electrons. The molecule has 0 unspecified atom stereocenters. The smallest absolute Gasteiger partial charge is 0.317 e. The lowest BCUT2D eigenvalue weighted by Crippen LogP contribution is -2.16. The van der Waals surface area contributed by atoms with Crippen LogP contribution in [-0.2, 0) is 9.47 Å². The summed E-state index contributed by atoms with van der Waals surface area (Å²) in [6, 6.07) is 1.67. The first-order valence-electron chi connectivity index (χ1n) is 5.78. The SMILES string of the molecule is COCCCOCCOc1nccc(/C(N)=N/O)n1. The Bertz CT molecular complexity index is 400. The van der Waals surface area contributed by atoms with Crippen molar-refractivity contribution < 1.29 is 19.4 Å². The van der Waals surface area contributed by atoms with Crippen molar-refractivity contribution in [3.8, 4) is 6.01 Å². The number of nitrogens with zero attached hydrogens (tertiary/aromatic N) is 3. The van der Waals surface area contributed by atoms with E-state index in [1.165, 1.54) is 12.3 Å². The predicted octanol–water partition coefficient (Wildman–Crippen LogP) is 0.00300. The summed E-state index contributed by atoms with van der Waals surface area (Å²) in [6.45, 7) is 2.04. The van der Waals surface area contributed by atoms with Crippen molar-refractivity contribution in [1.82, 2.24) is 9.97 Å². The van der Waals surface area contributed by atoms with Crippen molar-refractivity contribution in [3.05, 3.63) is 18.0 Å². The molecule has 1 aromatic heterocycles. The summed E-state index contributed by atoms with van der Waals surface area (Å²) in [5.41, 5.74) is 5.70. The maximum atomic E-state index is 8.53. The Hall–Kier alpha value is -1.93. The van der Waals surface area contributed by atoms with Crippen LogP contribution >= 0.6 is 0 Å². The van der Waals surface area contributed by atoms with Crippen LogP contribution in [0.1, 0.15) is 12.1 Å². The molecule has 0 aliphatic carbocycles. The van der Waals surface area contributed by atoms with Gasteiger partial charge in [0.2, 0.25) is 0 Å². The van der Waals surface area contributed by atoms with E-state index < -0.39 is 0 Å². The van der Waals surface area contributed by atoms with E-state index >= 15 is 0 Å². The van der Waals surface area contributed by atoms with Crippen LogP contribution in [0.25, 0.3) is 0 Å². The Morgan fingerprint density at radius 3 is 2.95 bits per heavy atom. The monoisotopic (exact) mass is 270 g/mol. The molecule has 0 aliphatic rings. The van der Waals surface area contributed by atoms with Gasteiger partial charge in [-0.05, 0) is 12.5 Å². The molecule has 8 heteroatoms. The fourth-order valence-electron chi connectivity index (χ4n) is 1.20. The van der Waals surface area contributed by atoms with E-state index in [2.05, 4.69) is 15.1 Å². The molecule has 1 heterocycles. The number of oxime groups is 1. The third kappa shape index (κ3) is 5.98. The highest BCUT2D eigenvalue weighted by atomic mass is 16.5. The normalized spacial score (nSPS) is 11.5. The van der Waals surface area contributed by atoms with Gasteiger partial charge in [0.25, 0.3) is 0 Å². The van der Waals surface area contributed by atoms with E-state index in [1.807, 2.05) is 0 Å². The van der Waals surface area contributed by atoms with Gasteiger partial charge in [-0.2, -0.15) is 4.98 Å². The van der Waals surface area contributed by atoms with E-state index in [0.29, 0.717) is 32.1 Å². The lowest BCUT2D eigenvalue weighted by Gasteiger charge is -2.06. The Morgan fingerprint density at radius 1 is 1.37 bits per heavy atom. The molecule has 3 N–H and O–H groups in total. The van der Waals surface area contributed by atoms with Crippen molar-refractivity contribution in [2.24, 2.45) is 10.9 Å². The average Bonchev–Trinajstić information content (AvgIpc) is 2.46. The first-order chi connectivity index (χ1) is 9.27. The second-order valence-electron chi connectivity index (χ2n) is 3.52. The predicted molar refractivity (Wildman–Crippen MR) is 67.3 cm³/mol. The molecule has 0 bridgehead atoms. The first-order valence-corrected chi connectivity index (χ1v) is 5.78. The molecule has 0 spiro atoms. The molecule has 19 heavy (non-hydrogen) atoms. The van der Waals surface area contributed by atoms with Gasteiger partial charge in [0.15, 0.2) is 5.84 Å². The van der Waals surface area contributed by atoms with Gasteiger partial charge in [-0.3, -0.25) is 0 Å². The number of aromatic nitrogens is 2. The number of hydrogen-bond donors (Lipinski definition) is 2. The summed E-state index contributed by atoms with van der Waals surface area (Å²) in [7, 11) is 1.65. The largest absolute Gasteiger partial charge is 0.461 e. The van der Waals surface area contributed by atoms with E-state index in [0.717, 1.165) is 6.42 Å². The van der Waals surface area contributed by atoms with Gasteiger partial charge in [-0.15, -0.1) is 0 Å². The van der Waals surface area contributed by atoms with E-state index in [1.54, 1.807) is 7.11 Å². The van der Waals surface area contributed by atoms with Gasteiger partial charge in [0.05, 0.1) is 6.61 Å². The molecule has 0 aliphatic heterocycles. The molecule has 0 radical (unpaired) electrons. The molecule has 1 rings (SSSR count). The Labute approximate surface area is 111 Å². The minimum absolute atomic E-state index is 0.0944. The molecule has 0 aromatic carbocycles. The van der Waals surface area contributed by atoms with Crippen molar-refractivity contribution in [2.45, 2.75) is 6.42 Å². The van der Waals surface area contributed by atoms with Crippen LogP contribution in [0, 0.1) is 0 Å². The molecule has 1 aromatic rings. The van der Waals surface area contributed by atoms with Gasteiger partial charge in [-0.1, -0.05) is 5.16 Å². The van der Waals surface area contributed by atoms with Crippen LogP contribution < -0.4 is 10.5 Å². The quantitative estimate of drug-likeness (QED) is 0.213. The van der Waals surface area contributed by atoms with Crippen LogP contribution in [0.15, 0.2) is 17.4 Å². The zero-order valence-electron chi connectivity index (χ0n) is 10.8. The minimum atomic E-state index is -0.0944. The molecule has 8 nitrogen and oxygen atoms in total. The number of ether oxygens (including phenoxy) is 3. The zero-order valence-corrected chi connectivity index (χ0v) is 10.8. The van der Waals surface area contributed by atoms with Crippen LogP contribution in [0.2, 0.25) is 0 Å². The molecule has 0 saturated carbocycles. The van der Waals surface area contributed by atoms with Gasteiger partial charge < -0.3 is 25.2 Å². The second kappa shape index (κ2) is 9.06. The van der Waals surface area contributed by atoms with Crippen LogP contribution in [0.5, 0.6) is 6.01 Å². The van der Waals surface area contributed by atoms with E-state index in [-0.39, 0.29) is 11.8 Å². The fourth-order valence-corrected chi connectivity index (χ4v) is 1.20. The van der Waals surface area contributed by atoms with Crippen LogP contribution in [0.4, 0.5) is 0 Å². The number of amidine groups is 1. The van der Waals surface area contributed by atoms with E-state index in [4.69, 9.17) is 25.2 Å². The Morgan fingerprint density at radius 2 is 2.21 bits per heavy atom. The molecular formula is C11H18N4O4. The highest BCUT2D eigenvalue weighted by molar-refractivity contribution is 5.95. The lowest BCUT2D eigenvalue weighted by atomic mass is 10.4. The molecular weight excluding hydrogens is 252 g/mol. The zero-order chi connectivity index (χ0) is 13.9. The van der Waals surface area contributed by atoms with Gasteiger partial charge in [0.1, 0.15) is 12.3 Å². The summed E-state index contributed by atoms with van der Waals surface area (Å²) in [6.07, 6.45) is 2.31. The highest BCUT2D eigenvalue weighted by Gasteiger charge is 2.04. The third-order valence-electron chi connectivity index (χ3n) is 2.10. The van der Waals surface area contributed by atoms with Gasteiger partial charge in [-0.25, -0.2) is 4.98 Å². The Kier molecular flexibility index (Phi) is 7.21. The first kappa shape index (κ1) is 15.1. The molecule has 0 fully saturated rings. The second-order valence-corrected chi connectivity index (χ2v) is 3.52. The Balaban J connectivity index is 2.26. The standard InChI is InChI=1S/C11H18N4O4/c1-17-5-2-6-18-7-8-19-11-13-4-3-9(14-11)10(12)15-16/h3-4,16H,2,5-8H2,1H3,(H2,12,15). The number of rotatable bonds is 9. The molecule has 0 saturated heterocycles. The summed E-state index contributed by atoms with van der Waals surface area (Å²) in [5, 5.41) is 11.4. The molecule has 0 amide bonds. The van der Waals surface area contributed by atoms with Gasteiger partial charge >= 0.3 is 6.01 Å². The number of methoxy groups -OCH3 is 1. The van der Waals surface area contributed by atoms with Crippen LogP contribution in [0.3, 0.4) is 0 Å². The molecule has 0 atom stereocenters. The van der Waals surface area contributed by atoms with Crippen LogP contribution in [-0.4, -0.2) is 54.5 Å². The van der Waals surface area contributed by atoms with Crippen molar-refractivity contribution >= 4 is 5.84 Å². The fraction of sp³-hybridized carbons (Fsp3) is 0.545. The van der Waals surface area contributed by atoms with Crippen molar-refractivity contribution in [3.63, 3.8) is 0 Å². The lowest BCUT2D eigenvalue weighted by molar-refractivity contribution is 0.0783. The topological polar surface area (TPSA) is 112 Å². The maximum absolute atomic E-state index is 8.53. The summed E-state index contributed by atoms with van der Waals surface area (Å²) < 4.78 is 15.5. The van der Waals surface area contributed by atoms with Gasteiger partial charge in [0, 0.05) is 26.5 Å². The maximum Gasteiger partial charge on any atom is 0.317 e. The van der Waals surface area contributed by atoms with Crippen molar-refractivity contribution in [1.29, 1.82) is 0 Å². The summed E-state index contributed by atoms with van der Waals surface area (Å²) in [5.74, 6) is -0.0944. The van der Waals surface area contributed by atoms with E-state index in [9.17, 15) is 0 Å². The summed E-state index contributed by atoms with van der Waals surface area (Å²) in [4.78, 5) is 7.87.